The van der Waals surface area contributed by atoms with E-state index in [-0.39, 0.29) is 18.3 Å². The van der Waals surface area contributed by atoms with Gasteiger partial charge in [0.2, 0.25) is 5.91 Å². The summed E-state index contributed by atoms with van der Waals surface area (Å²) in [7, 11) is 3.18. The molecule has 0 bridgehead atoms. The van der Waals surface area contributed by atoms with Crippen molar-refractivity contribution in [1.82, 2.24) is 15.1 Å². The van der Waals surface area contributed by atoms with Crippen molar-refractivity contribution < 1.29 is 23.4 Å². The lowest BCUT2D eigenvalue weighted by Gasteiger charge is -2.21. The van der Waals surface area contributed by atoms with Crippen molar-refractivity contribution in [3.63, 3.8) is 0 Å². The van der Waals surface area contributed by atoms with Crippen molar-refractivity contribution in [2.75, 3.05) is 26.5 Å². The first-order valence-corrected chi connectivity index (χ1v) is 11.1. The van der Waals surface area contributed by atoms with Gasteiger partial charge in [-0.15, -0.1) is 10.2 Å². The number of rotatable bonds is 11. The Kier molecular flexibility index (Phi) is 8.38. The van der Waals surface area contributed by atoms with Gasteiger partial charge in [-0.25, -0.2) is 0 Å². The molecule has 0 atom stereocenters. The van der Waals surface area contributed by atoms with Gasteiger partial charge in [0.05, 0.1) is 20.0 Å². The van der Waals surface area contributed by atoms with Crippen LogP contribution in [0.4, 0.5) is 0 Å². The highest BCUT2D eigenvalue weighted by Gasteiger charge is 2.16. The van der Waals surface area contributed by atoms with Gasteiger partial charge >= 0.3 is 0 Å². The lowest BCUT2D eigenvalue weighted by atomic mass is 10.2. The van der Waals surface area contributed by atoms with Crippen LogP contribution in [0.2, 0.25) is 0 Å². The van der Waals surface area contributed by atoms with Gasteiger partial charge in [-0.05, 0) is 43.7 Å². The number of hydrogen-bond acceptors (Lipinski definition) is 8. The molecule has 0 N–H and O–H groups in total. The molecule has 9 heteroatoms. The van der Waals surface area contributed by atoms with Crippen LogP contribution in [-0.2, 0) is 17.9 Å². The molecule has 1 aromatic heterocycles. The number of aryl methyl sites for hydroxylation is 1. The number of carbonyl (C=O) groups excluding carboxylic acids is 1. The maximum absolute atomic E-state index is 12.7. The highest BCUT2D eigenvalue weighted by atomic mass is 32.2. The Labute approximate surface area is 191 Å². The Morgan fingerprint density at radius 2 is 1.81 bits per heavy atom. The predicted octanol–water partition coefficient (Wildman–Crippen LogP) is 4.12. The van der Waals surface area contributed by atoms with Gasteiger partial charge in [-0.1, -0.05) is 35.5 Å². The van der Waals surface area contributed by atoms with Crippen molar-refractivity contribution >= 4 is 17.7 Å². The van der Waals surface area contributed by atoms with Crippen LogP contribution >= 0.6 is 11.8 Å². The summed E-state index contributed by atoms with van der Waals surface area (Å²) < 4.78 is 21.8. The Balaban J connectivity index is 1.51. The van der Waals surface area contributed by atoms with Crippen molar-refractivity contribution in [2.45, 2.75) is 32.2 Å². The topological polar surface area (TPSA) is 86.9 Å². The predicted molar refractivity (Wildman–Crippen MR) is 121 cm³/mol. The summed E-state index contributed by atoms with van der Waals surface area (Å²) in [5, 5.41) is 8.31. The molecule has 3 aromatic rings. The molecule has 0 aliphatic carbocycles. The van der Waals surface area contributed by atoms with E-state index in [0.717, 1.165) is 16.9 Å². The molecule has 0 fully saturated rings. The summed E-state index contributed by atoms with van der Waals surface area (Å²) in [6, 6.07) is 13.3. The number of aromatic nitrogens is 2. The van der Waals surface area contributed by atoms with E-state index in [1.807, 2.05) is 56.3 Å². The SMILES string of the molecule is CCN(Cc1ccc(OC)c(OC)c1)C(=O)CSc1nnc(COc2ccc(C)cc2)o1. The third-order valence-corrected chi connectivity index (χ3v) is 5.51. The minimum Gasteiger partial charge on any atom is -0.493 e. The third kappa shape index (κ3) is 6.40. The molecule has 2 aromatic carbocycles. The fraction of sp³-hybridized carbons (Fsp3) is 0.348. The molecule has 8 nitrogen and oxygen atoms in total. The number of carbonyl (C=O) groups is 1. The second kappa shape index (κ2) is 11.4. The van der Waals surface area contributed by atoms with E-state index in [9.17, 15) is 4.79 Å². The summed E-state index contributed by atoms with van der Waals surface area (Å²) >= 11 is 1.21. The van der Waals surface area contributed by atoms with Gasteiger partial charge in [0.15, 0.2) is 18.1 Å². The second-order valence-electron chi connectivity index (χ2n) is 6.95. The zero-order valence-corrected chi connectivity index (χ0v) is 19.5. The highest BCUT2D eigenvalue weighted by molar-refractivity contribution is 7.99. The van der Waals surface area contributed by atoms with Crippen molar-refractivity contribution in [3.8, 4) is 17.2 Å². The Hall–Kier alpha value is -3.20. The van der Waals surface area contributed by atoms with E-state index >= 15 is 0 Å². The largest absolute Gasteiger partial charge is 0.493 e. The van der Waals surface area contributed by atoms with E-state index in [4.69, 9.17) is 18.6 Å². The Morgan fingerprint density at radius 3 is 2.50 bits per heavy atom. The number of amides is 1. The number of thioether (sulfide) groups is 1. The first-order valence-electron chi connectivity index (χ1n) is 10.2. The maximum atomic E-state index is 12.7. The number of hydrogen-bond donors (Lipinski definition) is 0. The molecule has 0 spiro atoms. The van der Waals surface area contributed by atoms with Crippen molar-refractivity contribution in [1.29, 1.82) is 0 Å². The third-order valence-electron chi connectivity index (χ3n) is 4.71. The number of benzene rings is 2. The quantitative estimate of drug-likeness (QED) is 0.398. The van der Waals surface area contributed by atoms with Crippen LogP contribution < -0.4 is 14.2 Å². The van der Waals surface area contributed by atoms with Crippen molar-refractivity contribution in [2.24, 2.45) is 0 Å². The fourth-order valence-corrected chi connectivity index (χ4v) is 3.61. The van der Waals surface area contributed by atoms with Crippen LogP contribution in [0.25, 0.3) is 0 Å². The first-order chi connectivity index (χ1) is 15.5. The molecule has 32 heavy (non-hydrogen) atoms. The van der Waals surface area contributed by atoms with Gasteiger partial charge in [-0.2, -0.15) is 0 Å². The average molecular weight is 458 g/mol. The lowest BCUT2D eigenvalue weighted by molar-refractivity contribution is -0.128. The summed E-state index contributed by atoms with van der Waals surface area (Å²) in [5.74, 6) is 2.55. The highest BCUT2D eigenvalue weighted by Crippen LogP contribution is 2.28. The van der Waals surface area contributed by atoms with Crippen LogP contribution in [0, 0.1) is 6.92 Å². The van der Waals surface area contributed by atoms with Crippen LogP contribution in [0.3, 0.4) is 0 Å². The normalized spacial score (nSPS) is 10.6. The van der Waals surface area contributed by atoms with Crippen molar-refractivity contribution in [3.05, 3.63) is 59.5 Å². The van der Waals surface area contributed by atoms with Crippen LogP contribution in [0.5, 0.6) is 17.2 Å². The van der Waals surface area contributed by atoms with Gasteiger partial charge < -0.3 is 23.5 Å². The van der Waals surface area contributed by atoms with Gasteiger partial charge in [0, 0.05) is 13.1 Å². The number of ether oxygens (including phenoxy) is 3. The summed E-state index contributed by atoms with van der Waals surface area (Å²) in [6.07, 6.45) is 0. The Morgan fingerprint density at radius 1 is 1.06 bits per heavy atom. The monoisotopic (exact) mass is 457 g/mol. The van der Waals surface area contributed by atoms with E-state index in [2.05, 4.69) is 10.2 Å². The Bertz CT molecular complexity index is 1020. The number of methoxy groups -OCH3 is 2. The second-order valence-corrected chi connectivity index (χ2v) is 7.88. The van der Waals surface area contributed by atoms with Crippen LogP contribution in [-0.4, -0.2) is 47.5 Å². The molecule has 0 radical (unpaired) electrons. The van der Waals surface area contributed by atoms with E-state index in [0.29, 0.717) is 35.7 Å². The minimum atomic E-state index is -0.0251. The van der Waals surface area contributed by atoms with Gasteiger partial charge in [0.25, 0.3) is 11.1 Å². The minimum absolute atomic E-state index is 0.0251. The molecular formula is C23H27N3O5S. The molecule has 0 unspecified atom stereocenters. The lowest BCUT2D eigenvalue weighted by Crippen LogP contribution is -2.31. The maximum Gasteiger partial charge on any atom is 0.277 e. The average Bonchev–Trinajstić information content (AvgIpc) is 3.28. The molecule has 0 saturated heterocycles. The molecule has 3 rings (SSSR count). The molecule has 1 heterocycles. The summed E-state index contributed by atoms with van der Waals surface area (Å²) in [6.45, 7) is 5.17. The molecule has 0 aliphatic heterocycles. The summed E-state index contributed by atoms with van der Waals surface area (Å²) in [5.41, 5.74) is 2.11. The van der Waals surface area contributed by atoms with Gasteiger partial charge in [-0.3, -0.25) is 4.79 Å². The number of nitrogens with zero attached hydrogens (tertiary/aromatic N) is 3. The van der Waals surface area contributed by atoms with Gasteiger partial charge in [0.1, 0.15) is 5.75 Å². The van der Waals surface area contributed by atoms with E-state index in [1.54, 1.807) is 19.1 Å². The fourth-order valence-electron chi connectivity index (χ4n) is 2.92. The van der Waals surface area contributed by atoms with Crippen LogP contribution in [0.1, 0.15) is 23.9 Å². The molecule has 0 saturated carbocycles. The zero-order valence-electron chi connectivity index (χ0n) is 18.7. The molecule has 0 aliphatic rings. The molecular weight excluding hydrogens is 430 g/mol. The van der Waals surface area contributed by atoms with E-state index in [1.165, 1.54) is 11.8 Å². The summed E-state index contributed by atoms with van der Waals surface area (Å²) in [4.78, 5) is 14.5. The molecule has 170 valence electrons. The smallest absolute Gasteiger partial charge is 0.277 e. The first kappa shape index (κ1) is 23.5. The van der Waals surface area contributed by atoms with E-state index < -0.39 is 0 Å². The molecule has 1 amide bonds. The van der Waals surface area contributed by atoms with Crippen LogP contribution in [0.15, 0.2) is 52.1 Å². The standard InChI is InChI=1S/C23H27N3O5S/c1-5-26(13-17-8-11-19(28-3)20(12-17)29-4)22(27)15-32-23-25-24-21(31-23)14-30-18-9-6-16(2)7-10-18/h6-12H,5,13-15H2,1-4H3. The zero-order chi connectivity index (χ0) is 22.9.